The number of ether oxygens (including phenoxy) is 1. The summed E-state index contributed by atoms with van der Waals surface area (Å²) in [7, 11) is 0. The van der Waals surface area contributed by atoms with Crippen molar-refractivity contribution in [2.75, 3.05) is 0 Å². The molecule has 0 aliphatic rings. The van der Waals surface area contributed by atoms with Crippen molar-refractivity contribution in [3.63, 3.8) is 0 Å². The highest BCUT2D eigenvalue weighted by Crippen LogP contribution is 2.31. The molecule has 0 radical (unpaired) electrons. The van der Waals surface area contributed by atoms with Gasteiger partial charge in [-0.3, -0.25) is 0 Å². The Labute approximate surface area is 111 Å². The molecular formula is C11H7BrClFN2O. The van der Waals surface area contributed by atoms with E-state index in [1.807, 2.05) is 0 Å². The summed E-state index contributed by atoms with van der Waals surface area (Å²) in [6.07, 6.45) is 1.31. The summed E-state index contributed by atoms with van der Waals surface area (Å²) in [5.74, 6) is 0.461. The second-order valence-corrected chi connectivity index (χ2v) is 4.48. The molecule has 0 atom stereocenters. The first-order valence-corrected chi connectivity index (χ1v) is 5.85. The fourth-order valence-electron chi connectivity index (χ4n) is 1.18. The predicted molar refractivity (Wildman–Crippen MR) is 66.0 cm³/mol. The average molecular weight is 318 g/mol. The van der Waals surface area contributed by atoms with Crippen LogP contribution < -0.4 is 4.74 Å². The molecule has 0 N–H and O–H groups in total. The molecule has 2 aromatic rings. The van der Waals surface area contributed by atoms with Gasteiger partial charge < -0.3 is 4.74 Å². The SMILES string of the molecule is Cc1c(Cl)ncnc1Oc1ccc(F)cc1Br. The Balaban J connectivity index is 2.35. The van der Waals surface area contributed by atoms with Crippen LogP contribution in [0.1, 0.15) is 5.56 Å². The van der Waals surface area contributed by atoms with E-state index in [1.54, 1.807) is 6.92 Å². The lowest BCUT2D eigenvalue weighted by Gasteiger charge is -2.09. The molecule has 0 aliphatic heterocycles. The number of halogens is 3. The molecule has 0 spiro atoms. The molecule has 88 valence electrons. The first kappa shape index (κ1) is 12.3. The predicted octanol–water partition coefficient (Wildman–Crippen LogP) is 4.13. The molecule has 17 heavy (non-hydrogen) atoms. The lowest BCUT2D eigenvalue weighted by Crippen LogP contribution is -1.94. The summed E-state index contributed by atoms with van der Waals surface area (Å²) < 4.78 is 18.9. The molecule has 1 aromatic heterocycles. The van der Waals surface area contributed by atoms with Gasteiger partial charge in [0.25, 0.3) is 0 Å². The van der Waals surface area contributed by atoms with Crippen LogP contribution in [0.3, 0.4) is 0 Å². The molecular weight excluding hydrogens is 310 g/mol. The van der Waals surface area contributed by atoms with E-state index in [1.165, 1.54) is 24.5 Å². The van der Waals surface area contributed by atoms with Crippen molar-refractivity contribution < 1.29 is 9.13 Å². The molecule has 1 heterocycles. The molecule has 3 nitrogen and oxygen atoms in total. The van der Waals surface area contributed by atoms with Gasteiger partial charge in [0.05, 0.1) is 4.47 Å². The summed E-state index contributed by atoms with van der Waals surface area (Å²) in [6, 6.07) is 4.13. The van der Waals surface area contributed by atoms with Gasteiger partial charge in [-0.15, -0.1) is 0 Å². The quantitative estimate of drug-likeness (QED) is 0.781. The summed E-state index contributed by atoms with van der Waals surface area (Å²) >= 11 is 9.05. The van der Waals surface area contributed by atoms with Crippen molar-refractivity contribution >= 4 is 27.5 Å². The topological polar surface area (TPSA) is 35.0 Å². The molecule has 0 amide bonds. The molecule has 0 saturated heterocycles. The zero-order valence-corrected chi connectivity index (χ0v) is 11.1. The van der Waals surface area contributed by atoms with Crippen LogP contribution in [-0.4, -0.2) is 9.97 Å². The Morgan fingerprint density at radius 1 is 1.35 bits per heavy atom. The molecule has 2 rings (SSSR count). The van der Waals surface area contributed by atoms with Crippen LogP contribution in [-0.2, 0) is 0 Å². The van der Waals surface area contributed by atoms with Gasteiger partial charge in [0.1, 0.15) is 23.0 Å². The summed E-state index contributed by atoms with van der Waals surface area (Å²) in [4.78, 5) is 7.79. The Kier molecular flexibility index (Phi) is 3.59. The molecule has 0 aliphatic carbocycles. The average Bonchev–Trinajstić information content (AvgIpc) is 2.28. The number of nitrogens with zero attached hydrogens (tertiary/aromatic N) is 2. The smallest absolute Gasteiger partial charge is 0.226 e. The van der Waals surface area contributed by atoms with E-state index in [-0.39, 0.29) is 5.82 Å². The summed E-state index contributed by atoms with van der Waals surface area (Å²) in [6.45, 7) is 1.75. The minimum Gasteiger partial charge on any atom is -0.437 e. The van der Waals surface area contributed by atoms with Gasteiger partial charge in [0.2, 0.25) is 5.88 Å². The maximum absolute atomic E-state index is 12.9. The van der Waals surface area contributed by atoms with Crippen molar-refractivity contribution in [1.82, 2.24) is 9.97 Å². The monoisotopic (exact) mass is 316 g/mol. The van der Waals surface area contributed by atoms with Gasteiger partial charge in [-0.2, -0.15) is 0 Å². The maximum atomic E-state index is 12.9. The third kappa shape index (κ3) is 2.73. The lowest BCUT2D eigenvalue weighted by molar-refractivity contribution is 0.453. The highest BCUT2D eigenvalue weighted by atomic mass is 79.9. The van der Waals surface area contributed by atoms with E-state index in [9.17, 15) is 4.39 Å². The van der Waals surface area contributed by atoms with Gasteiger partial charge in [0.15, 0.2) is 0 Å². The van der Waals surface area contributed by atoms with Crippen LogP contribution in [0.2, 0.25) is 5.15 Å². The standard InChI is InChI=1S/C11H7BrClFN2O/c1-6-10(13)15-5-16-11(6)17-9-3-2-7(14)4-8(9)12/h2-5H,1H3. The minimum atomic E-state index is -0.346. The van der Waals surface area contributed by atoms with Crippen LogP contribution in [0, 0.1) is 12.7 Å². The maximum Gasteiger partial charge on any atom is 0.226 e. The van der Waals surface area contributed by atoms with E-state index in [4.69, 9.17) is 16.3 Å². The van der Waals surface area contributed by atoms with Gasteiger partial charge in [-0.25, -0.2) is 14.4 Å². The van der Waals surface area contributed by atoms with Gasteiger partial charge in [0, 0.05) is 5.56 Å². The van der Waals surface area contributed by atoms with Crippen molar-refractivity contribution in [1.29, 1.82) is 0 Å². The van der Waals surface area contributed by atoms with Crippen molar-refractivity contribution in [2.24, 2.45) is 0 Å². The van der Waals surface area contributed by atoms with Crippen LogP contribution in [0.15, 0.2) is 29.0 Å². The number of hydrogen-bond donors (Lipinski definition) is 0. The third-order valence-corrected chi connectivity index (χ3v) is 3.08. The van der Waals surface area contributed by atoms with Gasteiger partial charge >= 0.3 is 0 Å². The second-order valence-electron chi connectivity index (χ2n) is 3.27. The van der Waals surface area contributed by atoms with Crippen LogP contribution in [0.25, 0.3) is 0 Å². The largest absolute Gasteiger partial charge is 0.437 e. The Morgan fingerprint density at radius 3 is 2.82 bits per heavy atom. The van der Waals surface area contributed by atoms with Crippen LogP contribution in [0.5, 0.6) is 11.6 Å². The van der Waals surface area contributed by atoms with Crippen LogP contribution in [0.4, 0.5) is 4.39 Å². The summed E-state index contributed by atoms with van der Waals surface area (Å²) in [5.41, 5.74) is 0.630. The zero-order valence-electron chi connectivity index (χ0n) is 8.75. The van der Waals surface area contributed by atoms with E-state index in [0.29, 0.717) is 26.8 Å². The Morgan fingerprint density at radius 2 is 2.12 bits per heavy atom. The third-order valence-electron chi connectivity index (χ3n) is 2.08. The molecule has 0 saturated carbocycles. The van der Waals surface area contributed by atoms with E-state index in [2.05, 4.69) is 25.9 Å². The fraction of sp³-hybridized carbons (Fsp3) is 0.0909. The van der Waals surface area contributed by atoms with Crippen LogP contribution >= 0.6 is 27.5 Å². The zero-order chi connectivity index (χ0) is 12.4. The highest BCUT2D eigenvalue weighted by molar-refractivity contribution is 9.10. The first-order chi connectivity index (χ1) is 8.08. The molecule has 1 aromatic carbocycles. The first-order valence-electron chi connectivity index (χ1n) is 4.68. The number of rotatable bonds is 2. The van der Waals surface area contributed by atoms with Crippen molar-refractivity contribution in [3.8, 4) is 11.6 Å². The van der Waals surface area contributed by atoms with E-state index in [0.717, 1.165) is 0 Å². The number of benzene rings is 1. The van der Waals surface area contributed by atoms with E-state index < -0.39 is 0 Å². The fourth-order valence-corrected chi connectivity index (χ4v) is 1.74. The van der Waals surface area contributed by atoms with E-state index >= 15 is 0 Å². The highest BCUT2D eigenvalue weighted by Gasteiger charge is 2.09. The molecule has 6 heteroatoms. The van der Waals surface area contributed by atoms with Crippen molar-refractivity contribution in [2.45, 2.75) is 6.92 Å². The van der Waals surface area contributed by atoms with Crippen molar-refractivity contribution in [3.05, 3.63) is 45.5 Å². The second kappa shape index (κ2) is 4.98. The molecule has 0 bridgehead atoms. The number of hydrogen-bond acceptors (Lipinski definition) is 3. The minimum absolute atomic E-state index is 0.327. The normalized spacial score (nSPS) is 10.4. The molecule has 0 fully saturated rings. The summed E-state index contributed by atoms with van der Waals surface area (Å²) in [5, 5.41) is 0.327. The Bertz CT molecular complexity index is 565. The molecule has 0 unspecified atom stereocenters. The van der Waals surface area contributed by atoms with Gasteiger partial charge in [-0.1, -0.05) is 11.6 Å². The lowest BCUT2D eigenvalue weighted by atomic mass is 10.3. The Hall–Kier alpha value is -1.20. The number of aromatic nitrogens is 2. The van der Waals surface area contributed by atoms with Gasteiger partial charge in [-0.05, 0) is 41.1 Å².